The van der Waals surface area contributed by atoms with Gasteiger partial charge in [0.15, 0.2) is 5.90 Å². The molecule has 1 aliphatic carbocycles. The molecule has 148 valence electrons. The molecular formula is C25H32NOP. The van der Waals surface area contributed by atoms with E-state index in [1.165, 1.54) is 23.5 Å². The van der Waals surface area contributed by atoms with Gasteiger partial charge >= 0.3 is 0 Å². The van der Waals surface area contributed by atoms with E-state index in [4.69, 9.17) is 9.73 Å². The third-order valence-corrected chi connectivity index (χ3v) is 9.46. The highest BCUT2D eigenvalue weighted by Gasteiger charge is 2.45. The first-order valence-corrected chi connectivity index (χ1v) is 12.0. The zero-order valence-corrected chi connectivity index (χ0v) is 18.4. The highest BCUT2D eigenvalue weighted by molar-refractivity contribution is 7.73. The van der Waals surface area contributed by atoms with E-state index in [1.54, 1.807) is 0 Å². The third kappa shape index (κ3) is 3.90. The van der Waals surface area contributed by atoms with E-state index in [9.17, 15) is 0 Å². The van der Waals surface area contributed by atoms with Crippen LogP contribution in [0.5, 0.6) is 0 Å². The minimum absolute atomic E-state index is 0.158. The van der Waals surface area contributed by atoms with Crippen molar-refractivity contribution in [1.82, 2.24) is 0 Å². The lowest BCUT2D eigenvalue weighted by Crippen LogP contribution is -2.32. The van der Waals surface area contributed by atoms with Crippen molar-refractivity contribution in [3.63, 3.8) is 0 Å². The van der Waals surface area contributed by atoms with Gasteiger partial charge in [0.2, 0.25) is 0 Å². The first kappa shape index (κ1) is 19.6. The Morgan fingerprint density at radius 2 is 1.46 bits per heavy atom. The van der Waals surface area contributed by atoms with Crippen LogP contribution in [-0.4, -0.2) is 24.2 Å². The Balaban J connectivity index is 1.72. The quantitative estimate of drug-likeness (QED) is 0.639. The molecule has 0 aromatic heterocycles. The first-order valence-electron chi connectivity index (χ1n) is 10.5. The van der Waals surface area contributed by atoms with Crippen molar-refractivity contribution in [1.29, 1.82) is 0 Å². The second kappa shape index (κ2) is 7.99. The molecule has 2 unspecified atom stereocenters. The van der Waals surface area contributed by atoms with Gasteiger partial charge < -0.3 is 4.74 Å². The summed E-state index contributed by atoms with van der Waals surface area (Å²) in [5, 5.41) is 2.94. The highest BCUT2D eigenvalue weighted by Crippen LogP contribution is 2.53. The van der Waals surface area contributed by atoms with Crippen LogP contribution >= 0.6 is 7.92 Å². The van der Waals surface area contributed by atoms with E-state index in [0.717, 1.165) is 12.5 Å². The normalized spacial score (nSPS) is 27.7. The van der Waals surface area contributed by atoms with Gasteiger partial charge in [0, 0.05) is 11.6 Å². The molecule has 0 saturated heterocycles. The molecule has 0 amide bonds. The molecule has 0 radical (unpaired) electrons. The lowest BCUT2D eigenvalue weighted by molar-refractivity contribution is 0.229. The monoisotopic (exact) mass is 393 g/mol. The standard InChI is InChI=1S/C25H32NOP/c1-18-15-16-21(24-26-22(17-27-24)25(2,3)4)23(18)28(19-11-7-5-8-12-19)20-13-9-6-10-14-20/h5-14,18,21-23H,15-17H2,1-4H3/t18-,21+,22?,23?/m0/s1. The fourth-order valence-electron chi connectivity index (χ4n) is 4.59. The van der Waals surface area contributed by atoms with Crippen LogP contribution in [0.2, 0.25) is 0 Å². The van der Waals surface area contributed by atoms with E-state index in [1.807, 2.05) is 0 Å². The van der Waals surface area contributed by atoms with E-state index in [-0.39, 0.29) is 11.5 Å². The molecule has 4 atom stereocenters. The molecule has 0 bridgehead atoms. The van der Waals surface area contributed by atoms with E-state index >= 15 is 0 Å². The Morgan fingerprint density at radius 1 is 0.893 bits per heavy atom. The molecule has 1 fully saturated rings. The van der Waals surface area contributed by atoms with Crippen molar-refractivity contribution in [2.75, 3.05) is 6.61 Å². The van der Waals surface area contributed by atoms with Gasteiger partial charge in [-0.2, -0.15) is 0 Å². The lowest BCUT2D eigenvalue weighted by atomic mass is 9.88. The van der Waals surface area contributed by atoms with Gasteiger partial charge in [-0.1, -0.05) is 88.4 Å². The Hall–Kier alpha value is -1.66. The molecule has 4 rings (SSSR count). The van der Waals surface area contributed by atoms with Gasteiger partial charge in [-0.3, -0.25) is 0 Å². The number of aliphatic imine (C=N–C) groups is 1. The van der Waals surface area contributed by atoms with Crippen molar-refractivity contribution < 1.29 is 4.74 Å². The minimum atomic E-state index is -0.450. The van der Waals surface area contributed by atoms with Crippen molar-refractivity contribution in [3.8, 4) is 0 Å². The number of rotatable bonds is 4. The fourth-order valence-corrected chi connectivity index (χ4v) is 7.86. The smallest absolute Gasteiger partial charge is 0.187 e. The summed E-state index contributed by atoms with van der Waals surface area (Å²) >= 11 is 0. The molecular weight excluding hydrogens is 361 g/mol. The van der Waals surface area contributed by atoms with E-state index in [2.05, 4.69) is 88.4 Å². The summed E-state index contributed by atoms with van der Waals surface area (Å²) in [7, 11) is -0.450. The number of ether oxygens (including phenoxy) is 1. The zero-order chi connectivity index (χ0) is 19.7. The van der Waals surface area contributed by atoms with Crippen LogP contribution in [0.1, 0.15) is 40.5 Å². The van der Waals surface area contributed by atoms with Crippen molar-refractivity contribution in [2.45, 2.75) is 52.2 Å². The van der Waals surface area contributed by atoms with Gasteiger partial charge in [-0.05, 0) is 42.7 Å². The maximum absolute atomic E-state index is 6.24. The van der Waals surface area contributed by atoms with Gasteiger partial charge in [0.05, 0.1) is 6.04 Å². The van der Waals surface area contributed by atoms with Crippen LogP contribution in [0.25, 0.3) is 0 Å². The predicted octanol–water partition coefficient (Wildman–Crippen LogP) is 5.38. The second-order valence-corrected chi connectivity index (χ2v) is 11.7. The van der Waals surface area contributed by atoms with Gasteiger partial charge in [-0.25, -0.2) is 4.99 Å². The van der Waals surface area contributed by atoms with Gasteiger partial charge in [-0.15, -0.1) is 0 Å². The predicted molar refractivity (Wildman–Crippen MR) is 121 cm³/mol. The fraction of sp³-hybridized carbons (Fsp3) is 0.480. The number of benzene rings is 2. The molecule has 1 saturated carbocycles. The van der Waals surface area contributed by atoms with Crippen LogP contribution in [0.3, 0.4) is 0 Å². The van der Waals surface area contributed by atoms with Gasteiger partial charge in [0.25, 0.3) is 0 Å². The minimum Gasteiger partial charge on any atom is -0.478 e. The Bertz CT molecular complexity index is 772. The lowest BCUT2D eigenvalue weighted by Gasteiger charge is -2.32. The number of nitrogens with zero attached hydrogens (tertiary/aromatic N) is 1. The van der Waals surface area contributed by atoms with Crippen molar-refractivity contribution >= 4 is 24.4 Å². The molecule has 2 nitrogen and oxygen atoms in total. The average Bonchev–Trinajstić information content (AvgIpc) is 3.32. The first-order chi connectivity index (χ1) is 13.4. The Labute approximate surface area is 171 Å². The summed E-state index contributed by atoms with van der Waals surface area (Å²) in [5.41, 5.74) is 0.739. The van der Waals surface area contributed by atoms with Crippen LogP contribution in [0, 0.1) is 17.3 Å². The van der Waals surface area contributed by atoms with Crippen LogP contribution in [0.4, 0.5) is 0 Å². The average molecular weight is 394 g/mol. The Kier molecular flexibility index (Phi) is 5.61. The van der Waals surface area contributed by atoms with Crippen LogP contribution in [0.15, 0.2) is 65.7 Å². The molecule has 0 N–H and O–H groups in total. The van der Waals surface area contributed by atoms with E-state index in [0.29, 0.717) is 17.5 Å². The third-order valence-electron chi connectivity index (χ3n) is 6.28. The molecule has 0 spiro atoms. The van der Waals surface area contributed by atoms with Crippen molar-refractivity contribution in [2.24, 2.45) is 22.2 Å². The second-order valence-electron chi connectivity index (χ2n) is 9.35. The van der Waals surface area contributed by atoms with Gasteiger partial charge in [0.1, 0.15) is 6.61 Å². The summed E-state index contributed by atoms with van der Waals surface area (Å²) in [5.74, 6) is 2.15. The molecule has 28 heavy (non-hydrogen) atoms. The maximum atomic E-state index is 6.24. The zero-order valence-electron chi connectivity index (χ0n) is 17.5. The van der Waals surface area contributed by atoms with Crippen LogP contribution in [-0.2, 0) is 4.74 Å². The summed E-state index contributed by atoms with van der Waals surface area (Å²) in [6.07, 6.45) is 2.45. The molecule has 3 heteroatoms. The highest BCUT2D eigenvalue weighted by atomic mass is 31.1. The topological polar surface area (TPSA) is 21.6 Å². The summed E-state index contributed by atoms with van der Waals surface area (Å²) in [6, 6.07) is 22.5. The Morgan fingerprint density at radius 3 is 1.96 bits per heavy atom. The summed E-state index contributed by atoms with van der Waals surface area (Å²) in [4.78, 5) is 5.10. The summed E-state index contributed by atoms with van der Waals surface area (Å²) in [6.45, 7) is 9.98. The van der Waals surface area contributed by atoms with Crippen molar-refractivity contribution in [3.05, 3.63) is 60.7 Å². The summed E-state index contributed by atoms with van der Waals surface area (Å²) < 4.78 is 6.24. The SMILES string of the molecule is C[C@H]1CC[C@@H](C2=NC(C(C)(C)C)CO2)C1P(c1ccccc1)c1ccccc1. The van der Waals surface area contributed by atoms with Crippen LogP contribution < -0.4 is 10.6 Å². The molecule has 1 heterocycles. The maximum Gasteiger partial charge on any atom is 0.187 e. The van der Waals surface area contributed by atoms with E-state index < -0.39 is 7.92 Å². The molecule has 2 aliphatic rings. The number of hydrogen-bond acceptors (Lipinski definition) is 2. The molecule has 2 aromatic rings. The molecule has 1 aliphatic heterocycles. The largest absolute Gasteiger partial charge is 0.478 e. The molecule has 2 aromatic carbocycles. The number of hydrogen-bond donors (Lipinski definition) is 0.